The van der Waals surface area contributed by atoms with Gasteiger partial charge in [0.1, 0.15) is 11.6 Å². The van der Waals surface area contributed by atoms with Gasteiger partial charge in [0, 0.05) is 75.1 Å². The van der Waals surface area contributed by atoms with E-state index in [1.54, 1.807) is 21.3 Å². The second kappa shape index (κ2) is 16.0. The van der Waals surface area contributed by atoms with Gasteiger partial charge in [0.15, 0.2) is 11.5 Å². The van der Waals surface area contributed by atoms with E-state index in [-0.39, 0.29) is 0 Å². The molecule has 1 aromatic heterocycles. The molecule has 11 heteroatoms. The molecule has 0 amide bonds. The van der Waals surface area contributed by atoms with E-state index in [9.17, 15) is 0 Å². The van der Waals surface area contributed by atoms with Crippen LogP contribution >= 0.6 is 0 Å². The van der Waals surface area contributed by atoms with Gasteiger partial charge in [0.25, 0.3) is 0 Å². The monoisotopic (exact) mass is 608 g/mol. The summed E-state index contributed by atoms with van der Waals surface area (Å²) in [6.07, 6.45) is 3.01. The van der Waals surface area contributed by atoms with Crippen LogP contribution in [0.25, 0.3) is 10.9 Å². The summed E-state index contributed by atoms with van der Waals surface area (Å²) >= 11 is 0. The molecule has 2 aromatic carbocycles. The number of fused-ring (bicyclic) bond motifs is 1. The van der Waals surface area contributed by atoms with Gasteiger partial charge in [-0.3, -0.25) is 4.90 Å². The van der Waals surface area contributed by atoms with Crippen molar-refractivity contribution in [3.05, 3.63) is 35.9 Å². The summed E-state index contributed by atoms with van der Waals surface area (Å²) < 4.78 is 17.0. The van der Waals surface area contributed by atoms with Gasteiger partial charge in [-0.15, -0.1) is 0 Å². The number of methoxy groups -OCH3 is 3. The van der Waals surface area contributed by atoms with Crippen molar-refractivity contribution in [3.8, 4) is 17.2 Å². The number of hydrogen-bond acceptors (Lipinski definition) is 11. The molecule has 0 atom stereocenters. The molecule has 0 spiro atoms. The lowest BCUT2D eigenvalue weighted by Gasteiger charge is -2.34. The normalized spacial score (nSPS) is 14.3. The molecule has 0 bridgehead atoms. The summed E-state index contributed by atoms with van der Waals surface area (Å²) in [6, 6.07) is 10.5. The van der Waals surface area contributed by atoms with Gasteiger partial charge < -0.3 is 39.5 Å². The van der Waals surface area contributed by atoms with Crippen LogP contribution < -0.4 is 29.7 Å². The lowest BCUT2D eigenvalue weighted by Crippen LogP contribution is -2.39. The molecular formula is C33H52N8O3. The van der Waals surface area contributed by atoms with Crippen molar-refractivity contribution in [2.75, 3.05) is 111 Å². The highest BCUT2D eigenvalue weighted by Crippen LogP contribution is 2.36. The molecule has 2 heterocycles. The second-order valence-corrected chi connectivity index (χ2v) is 12.1. The fraction of sp³-hybridized carbons (Fsp3) is 0.576. The molecule has 242 valence electrons. The summed E-state index contributed by atoms with van der Waals surface area (Å²) in [6.45, 7) is 6.55. The number of anilines is 3. The number of ether oxygens (including phenoxy) is 3. The molecule has 44 heavy (non-hydrogen) atoms. The lowest BCUT2D eigenvalue weighted by atomic mass is 10.0. The first-order valence-electron chi connectivity index (χ1n) is 15.5. The number of nitrogens with one attached hydrogen (secondary N) is 2. The molecule has 0 radical (unpaired) electrons. The molecule has 11 nitrogen and oxygen atoms in total. The Bertz CT molecular complexity index is 1340. The summed E-state index contributed by atoms with van der Waals surface area (Å²) in [7, 11) is 15.6. The largest absolute Gasteiger partial charge is 0.496 e. The van der Waals surface area contributed by atoms with Gasteiger partial charge in [-0.25, -0.2) is 4.98 Å². The Morgan fingerprint density at radius 3 is 2.18 bits per heavy atom. The van der Waals surface area contributed by atoms with Gasteiger partial charge in [-0.2, -0.15) is 4.98 Å². The molecular weight excluding hydrogens is 556 g/mol. The molecule has 0 aliphatic carbocycles. The van der Waals surface area contributed by atoms with E-state index in [4.69, 9.17) is 24.2 Å². The van der Waals surface area contributed by atoms with Gasteiger partial charge in [-0.1, -0.05) is 6.07 Å². The van der Waals surface area contributed by atoms with Crippen molar-refractivity contribution in [3.63, 3.8) is 0 Å². The number of nitrogens with zero attached hydrogens (tertiary/aromatic N) is 6. The van der Waals surface area contributed by atoms with Crippen molar-refractivity contribution < 1.29 is 14.2 Å². The van der Waals surface area contributed by atoms with Gasteiger partial charge in [0.2, 0.25) is 5.95 Å². The van der Waals surface area contributed by atoms with E-state index in [0.717, 1.165) is 87.5 Å². The molecule has 4 rings (SSSR count). The zero-order chi connectivity index (χ0) is 31.6. The predicted molar refractivity (Wildman–Crippen MR) is 181 cm³/mol. The maximum absolute atomic E-state index is 5.82. The highest BCUT2D eigenvalue weighted by molar-refractivity contribution is 5.92. The van der Waals surface area contributed by atoms with Gasteiger partial charge in [0.05, 0.1) is 26.8 Å². The fourth-order valence-corrected chi connectivity index (χ4v) is 5.62. The molecule has 3 aromatic rings. The highest BCUT2D eigenvalue weighted by atomic mass is 16.5. The minimum atomic E-state index is 0.291. The van der Waals surface area contributed by atoms with Crippen molar-refractivity contribution in [2.24, 2.45) is 0 Å². The maximum Gasteiger partial charge on any atom is 0.225 e. The molecule has 1 fully saturated rings. The number of piperidine rings is 1. The molecule has 0 unspecified atom stereocenters. The quantitative estimate of drug-likeness (QED) is 0.231. The van der Waals surface area contributed by atoms with Crippen LogP contribution in [0.5, 0.6) is 17.2 Å². The van der Waals surface area contributed by atoms with Crippen LogP contribution in [-0.2, 0) is 6.54 Å². The Labute approximate surface area is 263 Å². The fourth-order valence-electron chi connectivity index (χ4n) is 5.62. The van der Waals surface area contributed by atoms with E-state index in [0.29, 0.717) is 23.5 Å². The summed E-state index contributed by atoms with van der Waals surface area (Å²) in [5.41, 5.74) is 3.29. The Hall–Kier alpha value is -3.54. The van der Waals surface area contributed by atoms with Crippen LogP contribution in [0.1, 0.15) is 24.8 Å². The summed E-state index contributed by atoms with van der Waals surface area (Å²) in [4.78, 5) is 19.0. The highest BCUT2D eigenvalue weighted by Gasteiger charge is 2.24. The number of aromatic nitrogens is 2. The van der Waals surface area contributed by atoms with Crippen LogP contribution in [0.15, 0.2) is 30.3 Å². The van der Waals surface area contributed by atoms with Crippen LogP contribution in [0.3, 0.4) is 0 Å². The Kier molecular flexibility index (Phi) is 12.1. The zero-order valence-electron chi connectivity index (χ0n) is 27.9. The van der Waals surface area contributed by atoms with Crippen LogP contribution in [0.2, 0.25) is 0 Å². The standard InChI is InChI=1S/C33H52N8O3/c1-38(2)16-10-15-34-33-36-27-22-31(44-8)30(43-7)21-25(27)32(37-33)35-24-13-17-41(18-14-24)23-26-28(11-9-12-29(26)42-6)40(5)20-19-39(3)4/h9,11-12,21-22,24H,10,13-20,23H2,1-8H3,(H2,34,35,36,37). The van der Waals surface area contributed by atoms with Crippen molar-refractivity contribution in [2.45, 2.75) is 31.8 Å². The Balaban J connectivity index is 1.48. The minimum absolute atomic E-state index is 0.291. The number of likely N-dealkylation sites (tertiary alicyclic amines) is 1. The molecule has 1 aliphatic rings. The van der Waals surface area contributed by atoms with E-state index in [2.05, 4.69) is 83.7 Å². The average Bonchev–Trinajstić information content (AvgIpc) is 3.02. The van der Waals surface area contributed by atoms with Crippen LogP contribution in [0.4, 0.5) is 17.5 Å². The van der Waals surface area contributed by atoms with Gasteiger partial charge >= 0.3 is 0 Å². The predicted octanol–water partition coefficient (Wildman–Crippen LogP) is 4.09. The first-order chi connectivity index (χ1) is 21.2. The van der Waals surface area contributed by atoms with E-state index in [1.165, 1.54) is 11.3 Å². The molecule has 1 saturated heterocycles. The molecule has 2 N–H and O–H groups in total. The topological polar surface area (TPSA) is 90.5 Å². The zero-order valence-corrected chi connectivity index (χ0v) is 27.9. The third kappa shape index (κ3) is 8.77. The van der Waals surface area contributed by atoms with E-state index < -0.39 is 0 Å². The first-order valence-corrected chi connectivity index (χ1v) is 15.5. The Morgan fingerprint density at radius 1 is 0.841 bits per heavy atom. The average molecular weight is 609 g/mol. The summed E-state index contributed by atoms with van der Waals surface area (Å²) in [5, 5.41) is 8.11. The van der Waals surface area contributed by atoms with Crippen molar-refractivity contribution >= 4 is 28.4 Å². The third-order valence-corrected chi connectivity index (χ3v) is 8.20. The lowest BCUT2D eigenvalue weighted by molar-refractivity contribution is 0.209. The Morgan fingerprint density at radius 2 is 1.52 bits per heavy atom. The van der Waals surface area contributed by atoms with Crippen molar-refractivity contribution in [1.29, 1.82) is 0 Å². The SMILES string of the molecule is COc1cc2nc(NCCCN(C)C)nc(NC3CCN(Cc4c(OC)cccc4N(C)CCN(C)C)CC3)c2cc1OC. The number of benzene rings is 2. The van der Waals surface area contributed by atoms with E-state index in [1.807, 2.05) is 12.1 Å². The summed E-state index contributed by atoms with van der Waals surface area (Å²) in [5.74, 6) is 3.70. The third-order valence-electron chi connectivity index (χ3n) is 8.20. The van der Waals surface area contributed by atoms with Gasteiger partial charge in [-0.05, 0) is 72.2 Å². The number of hydrogen-bond donors (Lipinski definition) is 2. The maximum atomic E-state index is 5.82. The van der Waals surface area contributed by atoms with E-state index >= 15 is 0 Å². The van der Waals surface area contributed by atoms with Crippen LogP contribution in [-0.4, -0.2) is 127 Å². The van der Waals surface area contributed by atoms with Crippen molar-refractivity contribution in [1.82, 2.24) is 24.7 Å². The smallest absolute Gasteiger partial charge is 0.225 e. The molecule has 0 saturated carbocycles. The van der Waals surface area contributed by atoms with Crippen LogP contribution in [0, 0.1) is 0 Å². The molecule has 1 aliphatic heterocycles. The minimum Gasteiger partial charge on any atom is -0.496 e. The number of likely N-dealkylation sites (N-methyl/N-ethyl adjacent to an activating group) is 2. The number of rotatable bonds is 16. The first kappa shape index (κ1) is 33.4. The second-order valence-electron chi connectivity index (χ2n) is 12.1.